The Kier molecular flexibility index (Phi) is 5.86. The molecule has 7 heteroatoms. The largest absolute Gasteiger partial charge is 0.330 e. The van der Waals surface area contributed by atoms with Crippen molar-refractivity contribution in [2.75, 3.05) is 26.0 Å². The summed E-state index contributed by atoms with van der Waals surface area (Å²) in [6.07, 6.45) is 0. The van der Waals surface area contributed by atoms with E-state index < -0.39 is 11.0 Å². The number of rotatable bonds is 6. The third-order valence-electron chi connectivity index (χ3n) is 3.40. The van der Waals surface area contributed by atoms with Gasteiger partial charge in [0.25, 0.3) is 5.69 Å². The molecule has 2 rings (SSSR count). The third-order valence-corrected chi connectivity index (χ3v) is 3.40. The van der Waals surface area contributed by atoms with Crippen molar-refractivity contribution in [1.29, 1.82) is 0 Å². The third kappa shape index (κ3) is 4.79. The Morgan fingerprint density at radius 3 is 2.38 bits per heavy atom. The van der Waals surface area contributed by atoms with Crippen LogP contribution in [0.3, 0.4) is 0 Å². The summed E-state index contributed by atoms with van der Waals surface area (Å²) in [4.78, 5) is 24.7. The van der Waals surface area contributed by atoms with Gasteiger partial charge in [-0.25, -0.2) is 4.79 Å². The zero-order valence-electron chi connectivity index (χ0n) is 13.6. The molecule has 24 heavy (non-hydrogen) atoms. The molecule has 0 saturated carbocycles. The number of carbonyl (C=O) groups is 1. The van der Waals surface area contributed by atoms with Gasteiger partial charge in [0.15, 0.2) is 0 Å². The van der Waals surface area contributed by atoms with Crippen molar-refractivity contribution in [3.8, 4) is 0 Å². The maximum atomic E-state index is 12.3. The summed E-state index contributed by atoms with van der Waals surface area (Å²) >= 11 is 0. The Morgan fingerprint density at radius 2 is 1.75 bits per heavy atom. The predicted octanol–water partition coefficient (Wildman–Crippen LogP) is 3.02. The fourth-order valence-electron chi connectivity index (χ4n) is 2.34. The van der Waals surface area contributed by atoms with Crippen molar-refractivity contribution in [3.63, 3.8) is 0 Å². The summed E-state index contributed by atoms with van der Waals surface area (Å²) in [5, 5.41) is 16.4. The van der Waals surface area contributed by atoms with Gasteiger partial charge in [-0.3, -0.25) is 10.1 Å². The lowest BCUT2D eigenvalue weighted by atomic mass is 10.1. The van der Waals surface area contributed by atoms with Crippen LogP contribution in [0.5, 0.6) is 0 Å². The normalized spacial score (nSPS) is 11.8. The first-order valence-electron chi connectivity index (χ1n) is 7.48. The number of likely N-dealkylation sites (N-methyl/N-ethyl adjacent to an activating group) is 1. The molecule has 0 bridgehead atoms. The summed E-state index contributed by atoms with van der Waals surface area (Å²) in [6, 6.07) is 14.9. The SMILES string of the molecule is CN(C)CC(NC(=O)Nc1ccccc1[N+](=O)[O-])c1ccccc1. The van der Waals surface area contributed by atoms with Crippen LogP contribution in [-0.2, 0) is 0 Å². The predicted molar refractivity (Wildman–Crippen MR) is 93.0 cm³/mol. The molecule has 0 radical (unpaired) electrons. The van der Waals surface area contributed by atoms with Gasteiger partial charge in [-0.15, -0.1) is 0 Å². The first-order valence-corrected chi connectivity index (χ1v) is 7.48. The van der Waals surface area contributed by atoms with Crippen LogP contribution in [0.2, 0.25) is 0 Å². The van der Waals surface area contributed by atoms with Crippen LogP contribution in [0.4, 0.5) is 16.2 Å². The Morgan fingerprint density at radius 1 is 1.12 bits per heavy atom. The van der Waals surface area contributed by atoms with E-state index in [1.54, 1.807) is 12.1 Å². The highest BCUT2D eigenvalue weighted by Gasteiger charge is 2.18. The van der Waals surface area contributed by atoms with Crippen LogP contribution in [-0.4, -0.2) is 36.5 Å². The monoisotopic (exact) mass is 328 g/mol. The molecule has 0 fully saturated rings. The number of amides is 2. The van der Waals surface area contributed by atoms with Gasteiger partial charge >= 0.3 is 6.03 Å². The maximum Gasteiger partial charge on any atom is 0.319 e. The second-order valence-corrected chi connectivity index (χ2v) is 5.60. The molecular formula is C17H20N4O3. The number of nitrogens with one attached hydrogen (secondary N) is 2. The molecule has 2 aromatic carbocycles. The van der Waals surface area contributed by atoms with Gasteiger partial charge in [-0.05, 0) is 25.7 Å². The molecule has 2 amide bonds. The molecule has 0 aliphatic rings. The number of nitro benzene ring substituents is 1. The van der Waals surface area contributed by atoms with Crippen LogP contribution in [0, 0.1) is 10.1 Å². The molecule has 2 N–H and O–H groups in total. The van der Waals surface area contributed by atoms with Crippen molar-refractivity contribution >= 4 is 17.4 Å². The molecule has 0 spiro atoms. The average molecular weight is 328 g/mol. The molecular weight excluding hydrogens is 308 g/mol. The van der Waals surface area contributed by atoms with Gasteiger partial charge in [-0.2, -0.15) is 0 Å². The van der Waals surface area contributed by atoms with Crippen molar-refractivity contribution in [2.45, 2.75) is 6.04 Å². The first-order chi connectivity index (χ1) is 11.5. The van der Waals surface area contributed by atoms with Crippen LogP contribution in [0.25, 0.3) is 0 Å². The quantitative estimate of drug-likeness (QED) is 0.630. The van der Waals surface area contributed by atoms with E-state index in [-0.39, 0.29) is 17.4 Å². The van der Waals surface area contributed by atoms with Gasteiger partial charge in [0, 0.05) is 12.6 Å². The highest BCUT2D eigenvalue weighted by Crippen LogP contribution is 2.23. The van der Waals surface area contributed by atoms with Crippen molar-refractivity contribution in [1.82, 2.24) is 10.2 Å². The van der Waals surface area contributed by atoms with E-state index in [0.29, 0.717) is 6.54 Å². The number of benzene rings is 2. The number of para-hydroxylation sites is 2. The number of carbonyl (C=O) groups excluding carboxylic acids is 1. The average Bonchev–Trinajstić information content (AvgIpc) is 2.55. The number of nitro groups is 1. The lowest BCUT2D eigenvalue weighted by Gasteiger charge is -2.23. The molecule has 1 atom stereocenters. The minimum atomic E-state index is -0.524. The summed E-state index contributed by atoms with van der Waals surface area (Å²) in [5.74, 6) is 0. The van der Waals surface area contributed by atoms with E-state index in [2.05, 4.69) is 10.6 Å². The molecule has 0 heterocycles. The summed E-state index contributed by atoms with van der Waals surface area (Å²) in [6.45, 7) is 0.605. The van der Waals surface area contributed by atoms with E-state index in [1.807, 2.05) is 49.3 Å². The smallest absolute Gasteiger partial charge is 0.319 e. The van der Waals surface area contributed by atoms with E-state index in [9.17, 15) is 14.9 Å². The lowest BCUT2D eigenvalue weighted by molar-refractivity contribution is -0.383. The Hall–Kier alpha value is -2.93. The number of anilines is 1. The molecule has 126 valence electrons. The second-order valence-electron chi connectivity index (χ2n) is 5.60. The highest BCUT2D eigenvalue weighted by atomic mass is 16.6. The molecule has 0 aliphatic heterocycles. The van der Waals surface area contributed by atoms with Gasteiger partial charge in [-0.1, -0.05) is 42.5 Å². The van der Waals surface area contributed by atoms with E-state index >= 15 is 0 Å². The Bertz CT molecular complexity index is 704. The summed E-state index contributed by atoms with van der Waals surface area (Å²) in [7, 11) is 3.83. The highest BCUT2D eigenvalue weighted by molar-refractivity contribution is 5.92. The zero-order chi connectivity index (χ0) is 17.5. The molecule has 0 aliphatic carbocycles. The molecule has 1 unspecified atom stereocenters. The summed E-state index contributed by atoms with van der Waals surface area (Å²) in [5.41, 5.74) is 0.983. The molecule has 2 aromatic rings. The number of urea groups is 1. The number of hydrogen-bond acceptors (Lipinski definition) is 4. The Labute approximate surface area is 140 Å². The topological polar surface area (TPSA) is 87.5 Å². The second kappa shape index (κ2) is 8.07. The standard InChI is InChI=1S/C17H20N4O3/c1-20(2)12-15(13-8-4-3-5-9-13)19-17(22)18-14-10-6-7-11-16(14)21(23)24/h3-11,15H,12H2,1-2H3,(H2,18,19,22). The minimum absolute atomic E-state index is 0.142. The van der Waals surface area contributed by atoms with Crippen LogP contribution >= 0.6 is 0 Å². The molecule has 0 aromatic heterocycles. The summed E-state index contributed by atoms with van der Waals surface area (Å²) < 4.78 is 0. The van der Waals surface area contributed by atoms with Crippen molar-refractivity contribution < 1.29 is 9.72 Å². The van der Waals surface area contributed by atoms with Crippen LogP contribution < -0.4 is 10.6 Å². The minimum Gasteiger partial charge on any atom is -0.330 e. The van der Waals surface area contributed by atoms with E-state index in [1.165, 1.54) is 12.1 Å². The zero-order valence-corrected chi connectivity index (χ0v) is 13.6. The molecule has 7 nitrogen and oxygen atoms in total. The van der Waals surface area contributed by atoms with Gasteiger partial charge in [0.05, 0.1) is 11.0 Å². The first kappa shape index (κ1) is 17.4. The lowest BCUT2D eigenvalue weighted by Crippen LogP contribution is -2.37. The van der Waals surface area contributed by atoms with Gasteiger partial charge in [0.2, 0.25) is 0 Å². The maximum absolute atomic E-state index is 12.3. The number of nitrogens with zero attached hydrogens (tertiary/aromatic N) is 2. The van der Waals surface area contributed by atoms with Crippen LogP contribution in [0.1, 0.15) is 11.6 Å². The fraction of sp³-hybridized carbons (Fsp3) is 0.235. The van der Waals surface area contributed by atoms with E-state index in [4.69, 9.17) is 0 Å². The Balaban J connectivity index is 2.12. The van der Waals surface area contributed by atoms with Crippen molar-refractivity contribution in [3.05, 3.63) is 70.3 Å². The van der Waals surface area contributed by atoms with Gasteiger partial charge < -0.3 is 15.5 Å². The number of hydrogen-bond donors (Lipinski definition) is 2. The van der Waals surface area contributed by atoms with Crippen molar-refractivity contribution in [2.24, 2.45) is 0 Å². The molecule has 0 saturated heterocycles. The van der Waals surface area contributed by atoms with Crippen LogP contribution in [0.15, 0.2) is 54.6 Å². The fourth-order valence-corrected chi connectivity index (χ4v) is 2.34. The van der Waals surface area contributed by atoms with E-state index in [0.717, 1.165) is 5.56 Å². The van der Waals surface area contributed by atoms with Gasteiger partial charge in [0.1, 0.15) is 5.69 Å².